The first-order valence-corrected chi connectivity index (χ1v) is 12.4. The molecule has 6 aromatic rings. The van der Waals surface area contributed by atoms with Crippen LogP contribution < -0.4 is 16.2 Å². The van der Waals surface area contributed by atoms with E-state index in [2.05, 4.69) is 30.8 Å². The van der Waals surface area contributed by atoms with Gasteiger partial charge in [0.25, 0.3) is 5.56 Å². The van der Waals surface area contributed by atoms with Gasteiger partial charge in [0.05, 0.1) is 22.1 Å². The maximum Gasteiger partial charge on any atom is 0.321 e. The van der Waals surface area contributed by atoms with Crippen molar-refractivity contribution in [2.75, 3.05) is 5.32 Å². The highest BCUT2D eigenvalue weighted by atomic mass is 19.1. The number of carbonyl (C=O) groups excluding carboxylic acids is 1. The van der Waals surface area contributed by atoms with Gasteiger partial charge in [-0.2, -0.15) is 5.10 Å². The van der Waals surface area contributed by atoms with Crippen molar-refractivity contribution >= 4 is 33.8 Å². The van der Waals surface area contributed by atoms with Crippen LogP contribution in [0.2, 0.25) is 0 Å². The average molecular weight is 519 g/mol. The number of hydrogen-bond donors (Lipinski definition) is 4. The summed E-state index contributed by atoms with van der Waals surface area (Å²) in [6.45, 7) is 0.386. The smallest absolute Gasteiger partial charge is 0.321 e. The molecule has 2 aromatic heterocycles. The number of carbonyl (C=O) groups is 1. The second kappa shape index (κ2) is 10.2. The van der Waals surface area contributed by atoms with E-state index in [0.29, 0.717) is 46.2 Å². The maximum absolute atomic E-state index is 14.9. The number of anilines is 1. The highest BCUT2D eigenvalue weighted by molar-refractivity contribution is 5.91. The topological polar surface area (TPSA) is 116 Å². The number of imidazole rings is 1. The lowest BCUT2D eigenvalue weighted by molar-refractivity contribution is 0.251. The summed E-state index contributed by atoms with van der Waals surface area (Å²) in [6, 6.07) is 26.8. The van der Waals surface area contributed by atoms with Gasteiger partial charge in [-0.1, -0.05) is 60.7 Å². The molecular formula is C30H23FN6O2. The van der Waals surface area contributed by atoms with Gasteiger partial charge in [0, 0.05) is 23.9 Å². The van der Waals surface area contributed by atoms with Crippen LogP contribution >= 0.6 is 0 Å². The molecule has 0 saturated heterocycles. The zero-order valence-corrected chi connectivity index (χ0v) is 20.7. The molecule has 0 spiro atoms. The number of nitrogens with one attached hydrogen (secondary N) is 4. The normalized spacial score (nSPS) is 11.1. The van der Waals surface area contributed by atoms with E-state index in [9.17, 15) is 14.0 Å². The minimum Gasteiger partial charge on any atom is -0.334 e. The van der Waals surface area contributed by atoms with Gasteiger partial charge in [0.15, 0.2) is 0 Å². The summed E-state index contributed by atoms with van der Waals surface area (Å²) < 4.78 is 14.9. The molecule has 4 aromatic carbocycles. The lowest BCUT2D eigenvalue weighted by Gasteiger charge is -2.09. The maximum atomic E-state index is 14.9. The van der Waals surface area contributed by atoms with E-state index in [-0.39, 0.29) is 23.4 Å². The third-order valence-electron chi connectivity index (χ3n) is 6.50. The first-order valence-electron chi connectivity index (χ1n) is 12.4. The number of H-pyrrole nitrogens is 2. The molecule has 8 nitrogen and oxygen atoms in total. The highest BCUT2D eigenvalue weighted by Gasteiger charge is 2.13. The summed E-state index contributed by atoms with van der Waals surface area (Å²) in [5, 5.41) is 13.6. The first-order chi connectivity index (χ1) is 19.0. The molecular weight excluding hydrogens is 495 g/mol. The number of halogens is 1. The molecule has 0 aliphatic carbocycles. The molecule has 2 amide bonds. The van der Waals surface area contributed by atoms with Gasteiger partial charge in [-0.15, -0.1) is 0 Å². The van der Waals surface area contributed by atoms with Gasteiger partial charge >= 0.3 is 6.03 Å². The summed E-state index contributed by atoms with van der Waals surface area (Å²) in [5.74, 6) is -0.0792. The molecule has 4 N–H and O–H groups in total. The van der Waals surface area contributed by atoms with Gasteiger partial charge < -0.3 is 10.3 Å². The van der Waals surface area contributed by atoms with Crippen LogP contribution in [0.1, 0.15) is 16.8 Å². The van der Waals surface area contributed by atoms with Crippen LogP contribution in [-0.2, 0) is 13.0 Å². The van der Waals surface area contributed by atoms with E-state index >= 15 is 0 Å². The zero-order chi connectivity index (χ0) is 26.8. The average Bonchev–Trinajstić information content (AvgIpc) is 3.36. The Morgan fingerprint density at radius 2 is 1.67 bits per heavy atom. The van der Waals surface area contributed by atoms with E-state index in [0.717, 1.165) is 16.5 Å². The molecule has 6 rings (SSSR count). The van der Waals surface area contributed by atoms with E-state index < -0.39 is 0 Å². The Kier molecular flexibility index (Phi) is 6.30. The molecule has 2 heterocycles. The Hall–Kier alpha value is -5.31. The fourth-order valence-corrected chi connectivity index (χ4v) is 4.57. The van der Waals surface area contributed by atoms with Crippen molar-refractivity contribution in [3.8, 4) is 11.1 Å². The van der Waals surface area contributed by atoms with E-state index in [1.165, 1.54) is 6.07 Å². The monoisotopic (exact) mass is 518 g/mol. The number of rotatable bonds is 6. The summed E-state index contributed by atoms with van der Waals surface area (Å²) in [5.41, 5.74) is 4.64. The molecule has 0 bridgehead atoms. The van der Waals surface area contributed by atoms with Gasteiger partial charge in [0.2, 0.25) is 5.95 Å². The Morgan fingerprint density at radius 1 is 0.872 bits per heavy atom. The summed E-state index contributed by atoms with van der Waals surface area (Å²) in [7, 11) is 0. The van der Waals surface area contributed by atoms with Crippen molar-refractivity contribution in [1.82, 2.24) is 25.5 Å². The second-order valence-corrected chi connectivity index (χ2v) is 9.15. The Balaban J connectivity index is 1.23. The van der Waals surface area contributed by atoms with Gasteiger partial charge in [-0.3, -0.25) is 10.1 Å². The third kappa shape index (κ3) is 5.10. The summed E-state index contributed by atoms with van der Waals surface area (Å²) in [4.78, 5) is 32.0. The standard InChI is InChI=1S/C30H23FN6O2/c31-24-12-10-19(15-26-21-8-4-5-9-22(21)28(38)37-36-26)14-23(24)20-11-13-25-27(16-20)34-29(33-25)35-30(39)32-17-18-6-2-1-3-7-18/h1-14,16H,15,17H2,(H,37,38)(H3,32,33,34,35,39). The molecule has 192 valence electrons. The molecule has 0 aliphatic rings. The fraction of sp³-hybridized carbons (Fsp3) is 0.0667. The fourth-order valence-electron chi connectivity index (χ4n) is 4.57. The molecule has 39 heavy (non-hydrogen) atoms. The molecule has 0 fully saturated rings. The quantitative estimate of drug-likeness (QED) is 0.232. The molecule has 0 radical (unpaired) electrons. The number of benzene rings is 4. The van der Waals surface area contributed by atoms with Crippen molar-refractivity contribution in [1.29, 1.82) is 0 Å². The number of nitrogens with zero attached hydrogens (tertiary/aromatic N) is 2. The van der Waals surface area contributed by atoms with Crippen molar-refractivity contribution < 1.29 is 9.18 Å². The number of hydrogen-bond acceptors (Lipinski definition) is 4. The number of fused-ring (bicyclic) bond motifs is 2. The third-order valence-corrected chi connectivity index (χ3v) is 6.50. The summed E-state index contributed by atoms with van der Waals surface area (Å²) >= 11 is 0. The summed E-state index contributed by atoms with van der Waals surface area (Å²) in [6.07, 6.45) is 0.418. The lowest BCUT2D eigenvalue weighted by atomic mass is 9.98. The Morgan fingerprint density at radius 3 is 2.51 bits per heavy atom. The largest absolute Gasteiger partial charge is 0.334 e. The molecule has 0 saturated carbocycles. The van der Waals surface area contributed by atoms with Gasteiger partial charge in [-0.05, 0) is 47.0 Å². The van der Waals surface area contributed by atoms with Crippen LogP contribution in [0.3, 0.4) is 0 Å². The highest BCUT2D eigenvalue weighted by Crippen LogP contribution is 2.28. The van der Waals surface area contributed by atoms with Crippen molar-refractivity contribution in [3.63, 3.8) is 0 Å². The SMILES string of the molecule is O=C(NCc1ccccc1)Nc1nc2cc(-c3cc(Cc4n[nH]c(=O)c5ccccc45)ccc3F)ccc2[nH]1. The van der Waals surface area contributed by atoms with E-state index in [1.54, 1.807) is 42.5 Å². The van der Waals surface area contributed by atoms with Crippen LogP contribution in [-0.4, -0.2) is 26.2 Å². The number of aromatic nitrogens is 4. The van der Waals surface area contributed by atoms with Crippen molar-refractivity contribution in [2.45, 2.75) is 13.0 Å². The molecule has 0 unspecified atom stereocenters. The Labute approximate surface area is 221 Å². The van der Waals surface area contributed by atoms with Crippen LogP contribution in [0.15, 0.2) is 95.8 Å². The van der Waals surface area contributed by atoms with Crippen LogP contribution in [0, 0.1) is 5.82 Å². The van der Waals surface area contributed by atoms with Crippen LogP contribution in [0.4, 0.5) is 15.1 Å². The Bertz CT molecular complexity index is 1880. The predicted octanol–water partition coefficient (Wildman–Crippen LogP) is 5.52. The number of urea groups is 1. The van der Waals surface area contributed by atoms with Crippen molar-refractivity contribution in [2.24, 2.45) is 0 Å². The number of aromatic amines is 2. The number of amides is 2. The minimum atomic E-state index is -0.389. The van der Waals surface area contributed by atoms with E-state index in [1.807, 2.05) is 42.5 Å². The minimum absolute atomic E-state index is 0.246. The molecule has 0 aliphatic heterocycles. The zero-order valence-electron chi connectivity index (χ0n) is 20.7. The van der Waals surface area contributed by atoms with Gasteiger partial charge in [0.1, 0.15) is 5.82 Å². The molecule has 0 atom stereocenters. The van der Waals surface area contributed by atoms with Crippen LogP contribution in [0.5, 0.6) is 0 Å². The predicted molar refractivity (Wildman–Crippen MR) is 149 cm³/mol. The van der Waals surface area contributed by atoms with Crippen LogP contribution in [0.25, 0.3) is 32.9 Å². The molecule has 9 heteroatoms. The van der Waals surface area contributed by atoms with E-state index in [4.69, 9.17) is 0 Å². The second-order valence-electron chi connectivity index (χ2n) is 9.15. The first kappa shape index (κ1) is 24.1. The van der Waals surface area contributed by atoms with Crippen molar-refractivity contribution in [3.05, 3.63) is 124 Å². The lowest BCUT2D eigenvalue weighted by Crippen LogP contribution is -2.28. The van der Waals surface area contributed by atoms with Gasteiger partial charge in [-0.25, -0.2) is 19.3 Å².